The molecule has 0 N–H and O–H groups in total. The summed E-state index contributed by atoms with van der Waals surface area (Å²) in [4.78, 5) is 4.60. The molecule has 120 valence electrons. The van der Waals surface area contributed by atoms with Crippen LogP contribution < -0.4 is 0 Å². The third-order valence-corrected chi connectivity index (χ3v) is 4.70. The third-order valence-electron chi connectivity index (χ3n) is 3.76. The van der Waals surface area contributed by atoms with E-state index in [9.17, 15) is 10.5 Å². The highest BCUT2D eigenvalue weighted by molar-refractivity contribution is 7.98. The Morgan fingerprint density at radius 3 is 2.08 bits per heavy atom. The van der Waals surface area contributed by atoms with Gasteiger partial charge in [0.15, 0.2) is 0 Å². The number of benzene rings is 2. The molecule has 3 rings (SSSR count). The van der Waals surface area contributed by atoms with Gasteiger partial charge in [-0.2, -0.15) is 10.5 Å². The lowest BCUT2D eigenvalue weighted by Crippen LogP contribution is -2.00. The number of rotatable bonds is 3. The molecule has 0 aliphatic carbocycles. The Balaban J connectivity index is 2.41. The molecule has 3 aromatic rings. The number of nitrogens with zero attached hydrogens (tertiary/aromatic N) is 3. The van der Waals surface area contributed by atoms with Gasteiger partial charge in [-0.15, -0.1) is 11.8 Å². The molecule has 25 heavy (non-hydrogen) atoms. The molecule has 0 atom stereocenters. The van der Waals surface area contributed by atoms with Crippen molar-refractivity contribution in [1.82, 2.24) is 4.98 Å². The van der Waals surface area contributed by atoms with Crippen LogP contribution in [0.5, 0.6) is 0 Å². The van der Waals surface area contributed by atoms with Crippen LogP contribution in [0.25, 0.3) is 22.4 Å². The van der Waals surface area contributed by atoms with E-state index >= 15 is 0 Å². The summed E-state index contributed by atoms with van der Waals surface area (Å²) in [7, 11) is 0. The van der Waals surface area contributed by atoms with E-state index in [1.807, 2.05) is 48.7 Å². The van der Waals surface area contributed by atoms with Gasteiger partial charge in [-0.25, -0.2) is 4.98 Å². The standard InChI is InChI=1S/C20H12ClN3S/c1-25-20-17(12-23)18(13-7-9-15(21)10-8-13)16(11-22)19(24-20)14-5-3-2-4-6-14/h2-10H,1H3. The summed E-state index contributed by atoms with van der Waals surface area (Å²) in [5, 5.41) is 20.7. The maximum Gasteiger partial charge on any atom is 0.115 e. The minimum absolute atomic E-state index is 0.392. The molecule has 3 nitrogen and oxygen atoms in total. The highest BCUT2D eigenvalue weighted by Crippen LogP contribution is 2.37. The number of pyridine rings is 1. The molecule has 0 saturated carbocycles. The zero-order valence-corrected chi connectivity index (χ0v) is 14.9. The number of hydrogen-bond donors (Lipinski definition) is 0. The van der Waals surface area contributed by atoms with Crippen molar-refractivity contribution in [2.24, 2.45) is 0 Å². The molecular weight excluding hydrogens is 350 g/mol. The summed E-state index contributed by atoms with van der Waals surface area (Å²) in [6, 6.07) is 21.1. The minimum atomic E-state index is 0.392. The molecular formula is C20H12ClN3S. The highest BCUT2D eigenvalue weighted by Gasteiger charge is 2.21. The summed E-state index contributed by atoms with van der Waals surface area (Å²) < 4.78 is 0. The van der Waals surface area contributed by atoms with Crippen molar-refractivity contribution in [2.75, 3.05) is 6.26 Å². The Bertz CT molecular complexity index is 1000. The van der Waals surface area contributed by atoms with Crippen LogP contribution >= 0.6 is 23.4 Å². The fraction of sp³-hybridized carbons (Fsp3) is 0.0500. The van der Waals surface area contributed by atoms with E-state index < -0.39 is 0 Å². The first-order chi connectivity index (χ1) is 12.2. The van der Waals surface area contributed by atoms with Crippen molar-refractivity contribution >= 4 is 23.4 Å². The van der Waals surface area contributed by atoms with Crippen molar-refractivity contribution in [1.29, 1.82) is 10.5 Å². The number of thioether (sulfide) groups is 1. The van der Waals surface area contributed by atoms with Crippen molar-refractivity contribution in [2.45, 2.75) is 5.03 Å². The molecule has 5 heteroatoms. The van der Waals surface area contributed by atoms with E-state index in [4.69, 9.17) is 11.6 Å². The van der Waals surface area contributed by atoms with Gasteiger partial charge in [0.25, 0.3) is 0 Å². The van der Waals surface area contributed by atoms with E-state index in [0.717, 1.165) is 11.1 Å². The van der Waals surface area contributed by atoms with Crippen molar-refractivity contribution in [3.63, 3.8) is 0 Å². The van der Waals surface area contributed by atoms with E-state index in [0.29, 0.717) is 32.4 Å². The van der Waals surface area contributed by atoms with Crippen LogP contribution in [0.15, 0.2) is 59.6 Å². The second-order valence-corrected chi connectivity index (χ2v) is 6.42. The molecule has 2 aromatic carbocycles. The first-order valence-electron chi connectivity index (χ1n) is 7.43. The van der Waals surface area contributed by atoms with Gasteiger partial charge in [-0.1, -0.05) is 54.1 Å². The molecule has 0 aliphatic heterocycles. The van der Waals surface area contributed by atoms with Gasteiger partial charge in [-0.3, -0.25) is 0 Å². The van der Waals surface area contributed by atoms with Crippen LogP contribution in [-0.4, -0.2) is 11.2 Å². The zero-order valence-electron chi connectivity index (χ0n) is 13.3. The normalized spacial score (nSPS) is 10.1. The molecule has 0 unspecified atom stereocenters. The minimum Gasteiger partial charge on any atom is -0.239 e. The monoisotopic (exact) mass is 361 g/mol. The van der Waals surface area contributed by atoms with Crippen LogP contribution in [0.2, 0.25) is 5.02 Å². The smallest absolute Gasteiger partial charge is 0.115 e. The second kappa shape index (κ2) is 7.40. The van der Waals surface area contributed by atoms with Crippen LogP contribution in [0.4, 0.5) is 0 Å². The number of hydrogen-bond acceptors (Lipinski definition) is 4. The van der Waals surface area contributed by atoms with Gasteiger partial charge in [-0.05, 0) is 24.0 Å². The lowest BCUT2D eigenvalue weighted by Gasteiger charge is -2.14. The van der Waals surface area contributed by atoms with Crippen LogP contribution in [-0.2, 0) is 0 Å². The Kier molecular flexibility index (Phi) is 5.05. The molecule has 0 spiro atoms. The molecule has 0 saturated heterocycles. The van der Waals surface area contributed by atoms with Gasteiger partial charge in [0.1, 0.15) is 17.2 Å². The topological polar surface area (TPSA) is 60.5 Å². The van der Waals surface area contributed by atoms with Crippen molar-refractivity contribution in [3.8, 4) is 34.5 Å². The first-order valence-corrected chi connectivity index (χ1v) is 9.03. The molecule has 0 fully saturated rings. The Morgan fingerprint density at radius 1 is 0.880 bits per heavy atom. The van der Waals surface area contributed by atoms with Gasteiger partial charge in [0.2, 0.25) is 0 Å². The van der Waals surface area contributed by atoms with Crippen molar-refractivity contribution in [3.05, 3.63) is 70.7 Å². The van der Waals surface area contributed by atoms with Gasteiger partial charge < -0.3 is 0 Å². The summed E-state index contributed by atoms with van der Waals surface area (Å²) >= 11 is 7.38. The summed E-state index contributed by atoms with van der Waals surface area (Å²) in [5.41, 5.74) is 3.59. The van der Waals surface area contributed by atoms with Gasteiger partial charge in [0, 0.05) is 16.1 Å². The number of aromatic nitrogens is 1. The van der Waals surface area contributed by atoms with Crippen LogP contribution in [0.1, 0.15) is 11.1 Å². The average Bonchev–Trinajstić information content (AvgIpc) is 2.67. The zero-order chi connectivity index (χ0) is 17.8. The molecule has 1 heterocycles. The van der Waals surface area contributed by atoms with E-state index in [2.05, 4.69) is 17.1 Å². The quantitative estimate of drug-likeness (QED) is 0.575. The lowest BCUT2D eigenvalue weighted by molar-refractivity contribution is 1.11. The fourth-order valence-corrected chi connectivity index (χ4v) is 3.29. The molecule has 0 aliphatic rings. The van der Waals surface area contributed by atoms with Crippen LogP contribution in [0, 0.1) is 22.7 Å². The highest BCUT2D eigenvalue weighted by atomic mass is 35.5. The number of halogens is 1. The molecule has 1 aromatic heterocycles. The Hall–Kier alpha value is -2.79. The van der Waals surface area contributed by atoms with E-state index in [1.54, 1.807) is 12.1 Å². The SMILES string of the molecule is CSc1nc(-c2ccccc2)c(C#N)c(-c2ccc(Cl)cc2)c1C#N. The maximum atomic E-state index is 9.83. The predicted molar refractivity (Wildman–Crippen MR) is 101 cm³/mol. The molecule has 0 radical (unpaired) electrons. The molecule has 0 bridgehead atoms. The third kappa shape index (κ3) is 3.23. The van der Waals surface area contributed by atoms with Gasteiger partial charge >= 0.3 is 0 Å². The maximum absolute atomic E-state index is 9.83. The summed E-state index contributed by atoms with van der Waals surface area (Å²) in [6.45, 7) is 0. The Labute approximate surface area is 155 Å². The van der Waals surface area contributed by atoms with Crippen LogP contribution in [0.3, 0.4) is 0 Å². The predicted octanol–water partition coefficient (Wildman–Crippen LogP) is 5.53. The second-order valence-electron chi connectivity index (χ2n) is 5.19. The molecule has 0 amide bonds. The van der Waals surface area contributed by atoms with E-state index in [-0.39, 0.29) is 0 Å². The largest absolute Gasteiger partial charge is 0.239 e. The number of nitriles is 2. The lowest BCUT2D eigenvalue weighted by atomic mass is 9.93. The Morgan fingerprint density at radius 2 is 1.52 bits per heavy atom. The van der Waals surface area contributed by atoms with Gasteiger partial charge in [0.05, 0.1) is 16.8 Å². The summed E-state index contributed by atoms with van der Waals surface area (Å²) in [6.07, 6.45) is 1.87. The van der Waals surface area contributed by atoms with Crippen molar-refractivity contribution < 1.29 is 0 Å². The summed E-state index contributed by atoms with van der Waals surface area (Å²) in [5.74, 6) is 0. The fourth-order valence-electron chi connectivity index (χ4n) is 2.63. The average molecular weight is 362 g/mol. The van der Waals surface area contributed by atoms with E-state index in [1.165, 1.54) is 11.8 Å². The first kappa shape index (κ1) is 17.0.